The van der Waals surface area contributed by atoms with Crippen molar-refractivity contribution in [1.82, 2.24) is 9.13 Å². The highest BCUT2D eigenvalue weighted by atomic mass is 32.1. The van der Waals surface area contributed by atoms with Crippen LogP contribution in [0.4, 0.5) is 5.00 Å². The molecule has 3 aromatic rings. The second-order valence-corrected chi connectivity index (χ2v) is 9.61. The number of thiophene rings is 1. The largest absolute Gasteiger partial charge is 0.494 e. The molecule has 0 spiro atoms. The topological polar surface area (TPSA) is 76.6 Å². The van der Waals surface area contributed by atoms with Crippen LogP contribution in [0.3, 0.4) is 0 Å². The lowest BCUT2D eigenvalue weighted by Crippen LogP contribution is -2.27. The van der Waals surface area contributed by atoms with Gasteiger partial charge in [-0.25, -0.2) is 4.99 Å². The number of nitrogens with zero attached hydrogens (tertiary/aromatic N) is 3. The Hall–Kier alpha value is -2.84. The number of rotatable bonds is 6. The number of aromatic hydroxyl groups is 1. The van der Waals surface area contributed by atoms with E-state index in [4.69, 9.17) is 12.2 Å². The third-order valence-electron chi connectivity index (χ3n) is 6.07. The van der Waals surface area contributed by atoms with Gasteiger partial charge in [-0.3, -0.25) is 18.7 Å². The van der Waals surface area contributed by atoms with Crippen LogP contribution < -0.4 is 5.56 Å². The first-order chi connectivity index (χ1) is 15.9. The molecule has 1 aliphatic rings. The molecule has 8 heteroatoms. The first-order valence-electron chi connectivity index (χ1n) is 11.2. The second-order valence-electron chi connectivity index (χ2n) is 8.16. The van der Waals surface area contributed by atoms with Crippen molar-refractivity contribution >= 4 is 40.6 Å². The maximum absolute atomic E-state index is 13.5. The standard InChI is InChI=1S/C25H27N3O3S2/c1-4-27-23(30)18(24(31)28(5-2)25(27)32)14-26-22-20(17-8-6-7-9-19(17)33-22)21(29)16-12-10-15(3)11-13-16/h10-14,30H,4-9H2,1-3H3/b26-14+. The first kappa shape index (κ1) is 23.3. The molecule has 0 amide bonds. The SMILES string of the molecule is CCn1c(O)c(/C=N/c2sc3c(c2C(=O)c2ccc(C)cc2)CCCC3)c(=O)n(CC)c1=S. The Kier molecular flexibility index (Phi) is 6.76. The number of hydrogen-bond donors (Lipinski definition) is 1. The molecule has 1 N–H and O–H groups in total. The highest BCUT2D eigenvalue weighted by molar-refractivity contribution is 7.71. The van der Waals surface area contributed by atoms with Gasteiger partial charge in [-0.1, -0.05) is 29.8 Å². The van der Waals surface area contributed by atoms with Gasteiger partial charge >= 0.3 is 0 Å². The van der Waals surface area contributed by atoms with E-state index in [0.29, 0.717) is 29.2 Å². The van der Waals surface area contributed by atoms with Crippen molar-refractivity contribution in [1.29, 1.82) is 0 Å². The number of hydrogen-bond acceptors (Lipinski definition) is 6. The molecule has 6 nitrogen and oxygen atoms in total. The van der Waals surface area contributed by atoms with E-state index in [1.165, 1.54) is 31.6 Å². The number of carbonyl (C=O) groups is 1. The van der Waals surface area contributed by atoms with Crippen molar-refractivity contribution in [2.24, 2.45) is 4.99 Å². The molecule has 33 heavy (non-hydrogen) atoms. The zero-order chi connectivity index (χ0) is 23.7. The summed E-state index contributed by atoms with van der Waals surface area (Å²) < 4.78 is 3.23. The molecular formula is C25H27N3O3S2. The molecule has 4 rings (SSSR count). The van der Waals surface area contributed by atoms with E-state index in [1.54, 1.807) is 0 Å². The third-order valence-corrected chi connectivity index (χ3v) is 7.71. The van der Waals surface area contributed by atoms with Gasteiger partial charge in [0.25, 0.3) is 5.56 Å². The number of benzene rings is 1. The summed E-state index contributed by atoms with van der Waals surface area (Å²) in [6.45, 7) is 6.50. The van der Waals surface area contributed by atoms with Gasteiger partial charge < -0.3 is 5.11 Å². The van der Waals surface area contributed by atoms with E-state index < -0.39 is 0 Å². The molecule has 0 atom stereocenters. The fourth-order valence-electron chi connectivity index (χ4n) is 4.24. The van der Waals surface area contributed by atoms with Crippen LogP contribution in [0.25, 0.3) is 0 Å². The third kappa shape index (κ3) is 4.25. The number of aryl methyl sites for hydroxylation is 2. The molecule has 1 aliphatic carbocycles. The number of fused-ring (bicyclic) bond motifs is 1. The Morgan fingerprint density at radius 2 is 1.82 bits per heavy atom. The Bertz CT molecular complexity index is 1360. The Morgan fingerprint density at radius 3 is 2.48 bits per heavy atom. The molecule has 0 saturated carbocycles. The summed E-state index contributed by atoms with van der Waals surface area (Å²) in [4.78, 5) is 32.3. The van der Waals surface area contributed by atoms with Gasteiger partial charge in [0.15, 0.2) is 10.6 Å². The Labute approximate surface area is 201 Å². The van der Waals surface area contributed by atoms with Crippen LogP contribution in [-0.4, -0.2) is 26.2 Å². The van der Waals surface area contributed by atoms with Crippen LogP contribution in [0.2, 0.25) is 0 Å². The van der Waals surface area contributed by atoms with Crippen molar-refractivity contribution in [2.75, 3.05) is 0 Å². The van der Waals surface area contributed by atoms with Crippen molar-refractivity contribution in [2.45, 2.75) is 59.5 Å². The van der Waals surface area contributed by atoms with Gasteiger partial charge in [0.2, 0.25) is 5.88 Å². The molecule has 0 unspecified atom stereocenters. The normalized spacial score (nSPS) is 13.4. The smallest absolute Gasteiger partial charge is 0.267 e. The lowest BCUT2D eigenvalue weighted by Gasteiger charge is -2.13. The predicted octanol–water partition coefficient (Wildman–Crippen LogP) is 5.36. The Balaban J connectivity index is 1.85. The fourth-order valence-corrected chi connectivity index (χ4v) is 5.89. The van der Waals surface area contributed by atoms with E-state index in [0.717, 1.165) is 36.8 Å². The molecule has 0 radical (unpaired) electrons. The monoisotopic (exact) mass is 481 g/mol. The predicted molar refractivity (Wildman–Crippen MR) is 135 cm³/mol. The fraction of sp³-hybridized carbons (Fsp3) is 0.360. The highest BCUT2D eigenvalue weighted by Gasteiger charge is 2.26. The summed E-state index contributed by atoms with van der Waals surface area (Å²) in [6, 6.07) is 7.55. The number of carbonyl (C=O) groups excluding carboxylic acids is 1. The summed E-state index contributed by atoms with van der Waals surface area (Å²) in [5.41, 5.74) is 3.10. The molecule has 0 fully saturated rings. The van der Waals surface area contributed by atoms with Gasteiger partial charge in [0, 0.05) is 29.7 Å². The van der Waals surface area contributed by atoms with Crippen molar-refractivity contribution in [3.05, 3.63) is 72.1 Å². The minimum absolute atomic E-state index is 0.0544. The maximum atomic E-state index is 13.5. The van der Waals surface area contributed by atoms with E-state index in [1.807, 2.05) is 45.0 Å². The molecule has 1 aromatic carbocycles. The molecule has 0 aliphatic heterocycles. The van der Waals surface area contributed by atoms with Crippen LogP contribution in [0.15, 0.2) is 34.1 Å². The van der Waals surface area contributed by atoms with E-state index in [2.05, 4.69) is 4.99 Å². The molecular weight excluding hydrogens is 454 g/mol. The lowest BCUT2D eigenvalue weighted by atomic mass is 9.92. The van der Waals surface area contributed by atoms with Crippen LogP contribution in [-0.2, 0) is 25.9 Å². The molecule has 2 heterocycles. The van der Waals surface area contributed by atoms with E-state index in [-0.39, 0.29) is 27.6 Å². The molecule has 172 valence electrons. The van der Waals surface area contributed by atoms with Crippen LogP contribution in [0, 0.1) is 11.7 Å². The lowest BCUT2D eigenvalue weighted by molar-refractivity contribution is 0.103. The number of aromatic nitrogens is 2. The molecule has 0 saturated heterocycles. The quantitative estimate of drug-likeness (QED) is 0.292. The van der Waals surface area contributed by atoms with E-state index >= 15 is 0 Å². The zero-order valence-electron chi connectivity index (χ0n) is 19.1. The van der Waals surface area contributed by atoms with Crippen molar-refractivity contribution in [3.8, 4) is 5.88 Å². The van der Waals surface area contributed by atoms with Crippen LogP contribution in [0.1, 0.15) is 64.2 Å². The second kappa shape index (κ2) is 9.57. The average Bonchev–Trinajstić information content (AvgIpc) is 3.18. The van der Waals surface area contributed by atoms with Crippen molar-refractivity contribution < 1.29 is 9.90 Å². The van der Waals surface area contributed by atoms with Gasteiger partial charge in [-0.2, -0.15) is 0 Å². The van der Waals surface area contributed by atoms with Gasteiger partial charge in [-0.15, -0.1) is 11.3 Å². The summed E-state index contributed by atoms with van der Waals surface area (Å²) in [5.74, 6) is -0.255. The minimum Gasteiger partial charge on any atom is -0.494 e. The Morgan fingerprint density at radius 1 is 1.15 bits per heavy atom. The highest BCUT2D eigenvalue weighted by Crippen LogP contribution is 2.41. The van der Waals surface area contributed by atoms with Crippen LogP contribution >= 0.6 is 23.6 Å². The molecule has 2 aromatic heterocycles. The summed E-state index contributed by atoms with van der Waals surface area (Å²) >= 11 is 6.86. The average molecular weight is 482 g/mol. The van der Waals surface area contributed by atoms with E-state index in [9.17, 15) is 14.7 Å². The number of ketones is 1. The summed E-state index contributed by atoms with van der Waals surface area (Å²) in [6.07, 6.45) is 5.29. The minimum atomic E-state index is -0.388. The maximum Gasteiger partial charge on any atom is 0.267 e. The first-order valence-corrected chi connectivity index (χ1v) is 12.5. The van der Waals surface area contributed by atoms with Crippen LogP contribution in [0.5, 0.6) is 5.88 Å². The molecule has 0 bridgehead atoms. The zero-order valence-corrected chi connectivity index (χ0v) is 20.7. The summed E-state index contributed by atoms with van der Waals surface area (Å²) in [5, 5.41) is 11.3. The van der Waals surface area contributed by atoms with Gasteiger partial charge in [0.1, 0.15) is 10.6 Å². The summed E-state index contributed by atoms with van der Waals surface area (Å²) in [7, 11) is 0. The van der Waals surface area contributed by atoms with Gasteiger partial charge in [0.05, 0.1) is 5.56 Å². The number of aliphatic imine (C=N–C) groups is 1. The van der Waals surface area contributed by atoms with Gasteiger partial charge in [-0.05, 0) is 64.2 Å². The van der Waals surface area contributed by atoms with Crippen molar-refractivity contribution in [3.63, 3.8) is 0 Å².